The third-order valence-corrected chi connectivity index (χ3v) is 7.17. The first-order valence-corrected chi connectivity index (χ1v) is 13.1. The molecule has 0 aliphatic carbocycles. The van der Waals surface area contributed by atoms with Crippen LogP contribution < -0.4 is 16.0 Å². The molecule has 4 N–H and O–H groups in total. The molecule has 196 valence electrons. The van der Waals surface area contributed by atoms with Gasteiger partial charge in [-0.1, -0.05) is 12.1 Å². The summed E-state index contributed by atoms with van der Waals surface area (Å²) in [5.41, 5.74) is 11.0. The van der Waals surface area contributed by atoms with Gasteiger partial charge in [-0.25, -0.2) is 9.97 Å². The van der Waals surface area contributed by atoms with Crippen LogP contribution in [0.2, 0.25) is 0 Å². The summed E-state index contributed by atoms with van der Waals surface area (Å²) in [4.78, 5) is 34.1. The van der Waals surface area contributed by atoms with Crippen molar-refractivity contribution in [3.05, 3.63) is 66.2 Å². The number of H-pyrrole nitrogens is 1. The van der Waals surface area contributed by atoms with Gasteiger partial charge in [0.05, 0.1) is 18.6 Å². The average molecular weight is 513 g/mol. The average Bonchev–Trinajstić information content (AvgIpc) is 3.39. The molecule has 0 saturated carbocycles. The predicted octanol–water partition coefficient (Wildman–Crippen LogP) is 3.03. The lowest BCUT2D eigenvalue weighted by atomic mass is 10.1. The summed E-state index contributed by atoms with van der Waals surface area (Å²) in [6.45, 7) is 5.70. The van der Waals surface area contributed by atoms with Gasteiger partial charge < -0.3 is 25.7 Å². The molecule has 10 nitrogen and oxygen atoms in total. The van der Waals surface area contributed by atoms with E-state index in [9.17, 15) is 4.79 Å². The Balaban J connectivity index is 1.14. The van der Waals surface area contributed by atoms with Gasteiger partial charge >= 0.3 is 0 Å². The number of rotatable bonds is 6. The van der Waals surface area contributed by atoms with Crippen LogP contribution in [0.5, 0.6) is 0 Å². The van der Waals surface area contributed by atoms with Crippen LogP contribution in [-0.4, -0.2) is 76.2 Å². The fraction of sp³-hybridized carbons (Fsp3) is 0.357. The van der Waals surface area contributed by atoms with Crippen molar-refractivity contribution in [2.75, 3.05) is 49.6 Å². The molecule has 0 spiro atoms. The summed E-state index contributed by atoms with van der Waals surface area (Å²) >= 11 is 0. The number of likely N-dealkylation sites (tertiary alicyclic amines) is 1. The van der Waals surface area contributed by atoms with Gasteiger partial charge in [0.1, 0.15) is 23.5 Å². The summed E-state index contributed by atoms with van der Waals surface area (Å²) in [7, 11) is 0. The Morgan fingerprint density at radius 2 is 1.92 bits per heavy atom. The standard InChI is InChI=1S/C28H32N8O2/c29-21-2-1-9-35(17-21)16-19-7-8-30-25(14-19)28(37)33-22-5-3-20(4-6-22)24-15-23-26(34-24)31-18-32-27(23)36-10-12-38-13-11-36/h3-8,14-15,18,21H,1-2,9-13,16-17,29H2,(H,33,37)(H,31,32,34)/t21-/m1/s1. The Morgan fingerprint density at radius 3 is 2.74 bits per heavy atom. The van der Waals surface area contributed by atoms with Gasteiger partial charge in [0, 0.05) is 49.8 Å². The SMILES string of the molecule is N[C@@H]1CCCN(Cc2ccnc(C(=O)Nc3ccc(-c4cc5c(N6CCOCC6)ncnc5[nH]4)cc3)c2)C1. The molecular weight excluding hydrogens is 480 g/mol. The lowest BCUT2D eigenvalue weighted by Gasteiger charge is -2.30. The first-order chi connectivity index (χ1) is 18.6. The van der Waals surface area contributed by atoms with Gasteiger partial charge in [-0.15, -0.1) is 0 Å². The zero-order chi connectivity index (χ0) is 25.9. The van der Waals surface area contributed by atoms with Crippen LogP contribution in [0.15, 0.2) is 55.0 Å². The minimum absolute atomic E-state index is 0.223. The molecule has 1 aromatic carbocycles. The Bertz CT molecular complexity index is 1410. The van der Waals surface area contributed by atoms with Gasteiger partial charge in [0.15, 0.2) is 0 Å². The molecule has 3 aromatic heterocycles. The molecule has 0 bridgehead atoms. The van der Waals surface area contributed by atoms with Gasteiger partial charge in [0.25, 0.3) is 5.91 Å². The number of aromatic nitrogens is 4. The number of nitrogens with zero attached hydrogens (tertiary/aromatic N) is 5. The van der Waals surface area contributed by atoms with Gasteiger partial charge in [0.2, 0.25) is 0 Å². The number of carbonyl (C=O) groups excluding carboxylic acids is 1. The number of aromatic amines is 1. The normalized spacial score (nSPS) is 18.6. The monoisotopic (exact) mass is 512 g/mol. The minimum atomic E-state index is -0.231. The second-order valence-corrected chi connectivity index (χ2v) is 9.96. The second kappa shape index (κ2) is 10.9. The lowest BCUT2D eigenvalue weighted by molar-refractivity contribution is 0.102. The van der Waals surface area contributed by atoms with Gasteiger partial charge in [-0.05, 0) is 60.8 Å². The number of nitrogens with two attached hydrogens (primary N) is 1. The van der Waals surface area contributed by atoms with E-state index in [-0.39, 0.29) is 11.9 Å². The largest absolute Gasteiger partial charge is 0.378 e. The maximum absolute atomic E-state index is 12.9. The number of morpholine rings is 1. The van der Waals surface area contributed by atoms with E-state index in [1.807, 2.05) is 36.4 Å². The molecule has 10 heteroatoms. The van der Waals surface area contributed by atoms with Crippen molar-refractivity contribution in [1.29, 1.82) is 0 Å². The van der Waals surface area contributed by atoms with Crippen LogP contribution in [0.25, 0.3) is 22.3 Å². The summed E-state index contributed by atoms with van der Waals surface area (Å²) < 4.78 is 5.48. The quantitative estimate of drug-likeness (QED) is 0.360. The second-order valence-electron chi connectivity index (χ2n) is 9.96. The highest BCUT2D eigenvalue weighted by Crippen LogP contribution is 2.29. The highest BCUT2D eigenvalue weighted by Gasteiger charge is 2.19. The van der Waals surface area contributed by atoms with Gasteiger partial charge in [-0.3, -0.25) is 14.7 Å². The van der Waals surface area contributed by atoms with E-state index in [0.717, 1.165) is 79.2 Å². The van der Waals surface area contributed by atoms with E-state index in [4.69, 9.17) is 10.5 Å². The minimum Gasteiger partial charge on any atom is -0.378 e. The Hall–Kier alpha value is -3.86. The number of hydrogen-bond donors (Lipinski definition) is 3. The summed E-state index contributed by atoms with van der Waals surface area (Å²) in [5.74, 6) is 0.688. The van der Waals surface area contributed by atoms with Crippen LogP contribution in [-0.2, 0) is 11.3 Å². The molecule has 0 unspecified atom stereocenters. The number of hydrogen-bond acceptors (Lipinski definition) is 8. The van der Waals surface area contributed by atoms with E-state index in [2.05, 4.69) is 41.1 Å². The molecule has 0 radical (unpaired) electrons. The van der Waals surface area contributed by atoms with Crippen molar-refractivity contribution >= 4 is 28.4 Å². The summed E-state index contributed by atoms with van der Waals surface area (Å²) in [6, 6.07) is 13.9. The number of carbonyl (C=O) groups is 1. The first-order valence-electron chi connectivity index (χ1n) is 13.1. The number of piperidine rings is 1. The third kappa shape index (κ3) is 5.38. The number of fused-ring (bicyclic) bond motifs is 1. The van der Waals surface area contributed by atoms with Crippen molar-refractivity contribution < 1.29 is 9.53 Å². The predicted molar refractivity (Wildman–Crippen MR) is 147 cm³/mol. The number of benzene rings is 1. The molecule has 1 amide bonds. The topological polar surface area (TPSA) is 125 Å². The molecule has 6 rings (SSSR count). The van der Waals surface area contributed by atoms with Crippen LogP contribution in [0.3, 0.4) is 0 Å². The van der Waals surface area contributed by atoms with Crippen molar-refractivity contribution in [3.8, 4) is 11.3 Å². The van der Waals surface area contributed by atoms with E-state index in [0.29, 0.717) is 24.6 Å². The van der Waals surface area contributed by atoms with Crippen LogP contribution in [0.1, 0.15) is 28.9 Å². The van der Waals surface area contributed by atoms with Crippen LogP contribution >= 0.6 is 0 Å². The molecule has 2 fully saturated rings. The molecule has 2 saturated heterocycles. The molecule has 1 atom stereocenters. The highest BCUT2D eigenvalue weighted by molar-refractivity contribution is 6.03. The molecule has 38 heavy (non-hydrogen) atoms. The first kappa shape index (κ1) is 24.5. The van der Waals surface area contributed by atoms with Crippen molar-refractivity contribution in [1.82, 2.24) is 24.8 Å². The Morgan fingerprint density at radius 1 is 1.08 bits per heavy atom. The molecule has 4 aromatic rings. The van der Waals surface area contributed by atoms with Crippen molar-refractivity contribution in [2.45, 2.75) is 25.4 Å². The smallest absolute Gasteiger partial charge is 0.274 e. The fourth-order valence-corrected chi connectivity index (χ4v) is 5.23. The van der Waals surface area contributed by atoms with E-state index >= 15 is 0 Å². The number of amides is 1. The zero-order valence-corrected chi connectivity index (χ0v) is 21.3. The number of nitrogens with one attached hydrogen (secondary N) is 2. The molecular formula is C28H32N8O2. The maximum Gasteiger partial charge on any atom is 0.274 e. The van der Waals surface area contributed by atoms with E-state index in [1.165, 1.54) is 0 Å². The number of ether oxygens (including phenoxy) is 1. The Labute approximate surface area is 221 Å². The van der Waals surface area contributed by atoms with Crippen LogP contribution in [0, 0.1) is 0 Å². The fourth-order valence-electron chi connectivity index (χ4n) is 5.23. The molecule has 5 heterocycles. The molecule has 2 aliphatic heterocycles. The number of pyridine rings is 1. The number of anilines is 2. The van der Waals surface area contributed by atoms with Crippen LogP contribution in [0.4, 0.5) is 11.5 Å². The highest BCUT2D eigenvalue weighted by atomic mass is 16.5. The summed E-state index contributed by atoms with van der Waals surface area (Å²) in [6.07, 6.45) is 5.47. The van der Waals surface area contributed by atoms with Crippen molar-refractivity contribution in [2.24, 2.45) is 5.73 Å². The Kier molecular flexibility index (Phi) is 7.00. The third-order valence-electron chi connectivity index (χ3n) is 7.17. The zero-order valence-electron chi connectivity index (χ0n) is 21.3. The maximum atomic E-state index is 12.9. The van der Waals surface area contributed by atoms with Gasteiger partial charge in [-0.2, -0.15) is 0 Å². The summed E-state index contributed by atoms with van der Waals surface area (Å²) in [5, 5.41) is 3.95. The van der Waals surface area contributed by atoms with Crippen molar-refractivity contribution in [3.63, 3.8) is 0 Å². The lowest BCUT2D eigenvalue weighted by Crippen LogP contribution is -2.42. The van der Waals surface area contributed by atoms with E-state index < -0.39 is 0 Å². The van der Waals surface area contributed by atoms with E-state index in [1.54, 1.807) is 12.5 Å². The molecule has 2 aliphatic rings.